The molecule has 0 fully saturated rings. The van der Waals surface area contributed by atoms with E-state index in [1.165, 1.54) is 25.7 Å². The number of rotatable bonds is 12. The van der Waals surface area contributed by atoms with Gasteiger partial charge >= 0.3 is 0 Å². The molecule has 128 valence electrons. The van der Waals surface area contributed by atoms with Gasteiger partial charge in [0.15, 0.2) is 0 Å². The van der Waals surface area contributed by atoms with Crippen molar-refractivity contribution in [3.05, 3.63) is 0 Å². The third kappa shape index (κ3) is 10.3. The molecule has 0 heterocycles. The molecule has 0 bridgehead atoms. The van der Waals surface area contributed by atoms with Crippen LogP contribution in [0.3, 0.4) is 0 Å². The van der Waals surface area contributed by atoms with Crippen molar-refractivity contribution in [3.8, 4) is 0 Å². The van der Waals surface area contributed by atoms with E-state index >= 15 is 0 Å². The Balaban J connectivity index is 3.85. The Morgan fingerprint density at radius 2 is 1.38 bits per heavy atom. The number of hydrogen-bond donors (Lipinski definition) is 2. The minimum absolute atomic E-state index is 0.131. The van der Waals surface area contributed by atoms with Gasteiger partial charge in [0.05, 0.1) is 11.7 Å². The highest BCUT2D eigenvalue weighted by Gasteiger charge is 2.25. The molecule has 0 radical (unpaired) electrons. The standard InChI is InChI=1S/C19H40O2/c1-7-19(6,21)14-17(15(2)3)12-10-8-9-11-13-18(20)16(4)5/h15-18,20-21H,7-14H2,1-6H3. The van der Waals surface area contributed by atoms with Crippen LogP contribution in [-0.2, 0) is 0 Å². The number of hydrogen-bond acceptors (Lipinski definition) is 2. The molecule has 2 N–H and O–H groups in total. The Kier molecular flexibility index (Phi) is 10.6. The molecule has 0 saturated carbocycles. The molecule has 0 aromatic rings. The lowest BCUT2D eigenvalue weighted by Crippen LogP contribution is -2.28. The predicted molar refractivity (Wildman–Crippen MR) is 92.4 cm³/mol. The molecule has 0 saturated heterocycles. The first-order chi connectivity index (χ1) is 9.69. The molecule has 3 unspecified atom stereocenters. The van der Waals surface area contributed by atoms with E-state index in [1.807, 2.05) is 6.92 Å². The van der Waals surface area contributed by atoms with Crippen molar-refractivity contribution in [1.82, 2.24) is 0 Å². The summed E-state index contributed by atoms with van der Waals surface area (Å²) in [7, 11) is 0. The molecule has 0 aromatic carbocycles. The fraction of sp³-hybridized carbons (Fsp3) is 1.00. The van der Waals surface area contributed by atoms with E-state index in [0.29, 0.717) is 17.8 Å². The minimum Gasteiger partial charge on any atom is -0.393 e. The lowest BCUT2D eigenvalue weighted by atomic mass is 9.80. The summed E-state index contributed by atoms with van der Waals surface area (Å²) < 4.78 is 0. The van der Waals surface area contributed by atoms with Crippen LogP contribution in [0.2, 0.25) is 0 Å². The zero-order valence-corrected chi connectivity index (χ0v) is 15.4. The molecule has 0 aromatic heterocycles. The highest BCUT2D eigenvalue weighted by molar-refractivity contribution is 4.77. The van der Waals surface area contributed by atoms with Gasteiger partial charge < -0.3 is 10.2 Å². The Hall–Kier alpha value is -0.0800. The Labute approximate surface area is 133 Å². The van der Waals surface area contributed by atoms with Crippen LogP contribution in [0.1, 0.15) is 92.9 Å². The van der Waals surface area contributed by atoms with E-state index in [1.54, 1.807) is 0 Å². The number of aliphatic hydroxyl groups is 2. The van der Waals surface area contributed by atoms with Gasteiger partial charge in [-0.05, 0) is 43.9 Å². The van der Waals surface area contributed by atoms with Crippen LogP contribution in [0.5, 0.6) is 0 Å². The fourth-order valence-electron chi connectivity index (χ4n) is 2.83. The zero-order valence-electron chi connectivity index (χ0n) is 15.4. The van der Waals surface area contributed by atoms with Crippen molar-refractivity contribution in [2.45, 2.75) is 105 Å². The highest BCUT2D eigenvalue weighted by atomic mass is 16.3. The van der Waals surface area contributed by atoms with Crippen molar-refractivity contribution in [1.29, 1.82) is 0 Å². The van der Waals surface area contributed by atoms with Crippen molar-refractivity contribution in [2.24, 2.45) is 17.8 Å². The van der Waals surface area contributed by atoms with Crippen molar-refractivity contribution < 1.29 is 10.2 Å². The van der Waals surface area contributed by atoms with Crippen LogP contribution in [-0.4, -0.2) is 21.9 Å². The van der Waals surface area contributed by atoms with Crippen molar-refractivity contribution in [3.63, 3.8) is 0 Å². The summed E-state index contributed by atoms with van der Waals surface area (Å²) in [6, 6.07) is 0. The van der Waals surface area contributed by atoms with E-state index < -0.39 is 5.60 Å². The van der Waals surface area contributed by atoms with Gasteiger partial charge in [-0.2, -0.15) is 0 Å². The maximum absolute atomic E-state index is 10.3. The van der Waals surface area contributed by atoms with E-state index in [2.05, 4.69) is 34.6 Å². The first-order valence-electron chi connectivity index (χ1n) is 9.10. The number of aliphatic hydroxyl groups excluding tert-OH is 1. The summed E-state index contributed by atoms with van der Waals surface area (Å²) in [5.41, 5.74) is -0.504. The zero-order chi connectivity index (χ0) is 16.5. The Bertz CT molecular complexity index is 246. The molecule has 0 spiro atoms. The third-order valence-electron chi connectivity index (χ3n) is 5.00. The maximum Gasteiger partial charge on any atom is 0.0619 e. The average Bonchev–Trinajstić information content (AvgIpc) is 2.40. The molecule has 0 aliphatic rings. The SMILES string of the molecule is CCC(C)(O)CC(CCCCCCC(O)C(C)C)C(C)C. The summed E-state index contributed by atoms with van der Waals surface area (Å²) in [5.74, 6) is 1.65. The van der Waals surface area contributed by atoms with Crippen LogP contribution in [0.15, 0.2) is 0 Å². The second kappa shape index (κ2) is 10.6. The lowest BCUT2D eigenvalue weighted by Gasteiger charge is -2.30. The quantitative estimate of drug-likeness (QED) is 0.488. The monoisotopic (exact) mass is 300 g/mol. The van der Waals surface area contributed by atoms with Gasteiger partial charge in [-0.3, -0.25) is 0 Å². The predicted octanol–water partition coefficient (Wildman–Crippen LogP) is 5.17. The van der Waals surface area contributed by atoms with E-state index in [-0.39, 0.29) is 6.10 Å². The summed E-state index contributed by atoms with van der Waals surface area (Å²) in [6.07, 6.45) is 8.65. The maximum atomic E-state index is 10.3. The Morgan fingerprint density at radius 3 is 1.81 bits per heavy atom. The molecule has 0 aliphatic heterocycles. The van der Waals surface area contributed by atoms with Crippen LogP contribution in [0, 0.1) is 17.8 Å². The fourth-order valence-corrected chi connectivity index (χ4v) is 2.83. The van der Waals surface area contributed by atoms with Gasteiger partial charge in [0.1, 0.15) is 0 Å². The highest BCUT2D eigenvalue weighted by Crippen LogP contribution is 2.29. The normalized spacial score (nSPS) is 18.0. The molecule has 21 heavy (non-hydrogen) atoms. The first-order valence-corrected chi connectivity index (χ1v) is 9.10. The molecule has 0 amide bonds. The summed E-state index contributed by atoms with van der Waals surface area (Å²) in [6.45, 7) is 12.7. The topological polar surface area (TPSA) is 40.5 Å². The van der Waals surface area contributed by atoms with Gasteiger partial charge in [-0.1, -0.05) is 66.7 Å². The molecular formula is C19H40O2. The second-order valence-electron chi connectivity index (χ2n) is 7.86. The molecular weight excluding hydrogens is 260 g/mol. The van der Waals surface area contributed by atoms with Gasteiger partial charge in [-0.15, -0.1) is 0 Å². The van der Waals surface area contributed by atoms with Gasteiger partial charge in [0.25, 0.3) is 0 Å². The minimum atomic E-state index is -0.504. The first kappa shape index (κ1) is 20.9. The lowest BCUT2D eigenvalue weighted by molar-refractivity contribution is 0.0204. The molecule has 0 rings (SSSR count). The molecule has 2 nitrogen and oxygen atoms in total. The van der Waals surface area contributed by atoms with Crippen LogP contribution >= 0.6 is 0 Å². The third-order valence-corrected chi connectivity index (χ3v) is 5.00. The van der Waals surface area contributed by atoms with Gasteiger partial charge in [-0.25, -0.2) is 0 Å². The van der Waals surface area contributed by atoms with Crippen LogP contribution in [0.4, 0.5) is 0 Å². The summed E-state index contributed by atoms with van der Waals surface area (Å²) in [5, 5.41) is 20.0. The van der Waals surface area contributed by atoms with Crippen LogP contribution < -0.4 is 0 Å². The smallest absolute Gasteiger partial charge is 0.0619 e. The number of unbranched alkanes of at least 4 members (excludes halogenated alkanes) is 3. The molecule has 3 atom stereocenters. The largest absolute Gasteiger partial charge is 0.393 e. The van der Waals surface area contributed by atoms with Gasteiger partial charge in [0.2, 0.25) is 0 Å². The van der Waals surface area contributed by atoms with Crippen molar-refractivity contribution >= 4 is 0 Å². The molecule has 2 heteroatoms. The van der Waals surface area contributed by atoms with E-state index in [9.17, 15) is 10.2 Å². The summed E-state index contributed by atoms with van der Waals surface area (Å²) in [4.78, 5) is 0. The van der Waals surface area contributed by atoms with Gasteiger partial charge in [0, 0.05) is 0 Å². The van der Waals surface area contributed by atoms with Crippen molar-refractivity contribution in [2.75, 3.05) is 0 Å². The van der Waals surface area contributed by atoms with E-state index in [4.69, 9.17) is 0 Å². The Morgan fingerprint density at radius 1 is 0.857 bits per heavy atom. The molecule has 0 aliphatic carbocycles. The second-order valence-corrected chi connectivity index (χ2v) is 7.86. The summed E-state index contributed by atoms with van der Waals surface area (Å²) >= 11 is 0. The van der Waals surface area contributed by atoms with Crippen LogP contribution in [0.25, 0.3) is 0 Å². The average molecular weight is 301 g/mol. The van der Waals surface area contributed by atoms with E-state index in [0.717, 1.165) is 25.7 Å².